The largest absolute Gasteiger partial charge is 0.389 e. The first-order valence-electron chi connectivity index (χ1n) is 5.78. The van der Waals surface area contributed by atoms with Gasteiger partial charge in [0.15, 0.2) is 0 Å². The van der Waals surface area contributed by atoms with Crippen molar-refractivity contribution in [3.8, 4) is 0 Å². The number of anilines is 1. The average molecular weight is 251 g/mol. The summed E-state index contributed by atoms with van der Waals surface area (Å²) in [5, 5.41) is 0. The van der Waals surface area contributed by atoms with Crippen molar-refractivity contribution >= 4 is 23.0 Å². The molecule has 2 N–H and O–H groups in total. The van der Waals surface area contributed by atoms with Crippen LogP contribution in [0.15, 0.2) is 12.3 Å². The first-order valence-corrected chi connectivity index (χ1v) is 6.19. The fraction of sp³-hybridized carbons (Fsp3) is 0.500. The van der Waals surface area contributed by atoms with Gasteiger partial charge in [0, 0.05) is 25.9 Å². The minimum Gasteiger partial charge on any atom is -0.389 e. The molecule has 0 atom stereocenters. The summed E-state index contributed by atoms with van der Waals surface area (Å²) in [5.41, 5.74) is 7.76. The Labute approximate surface area is 107 Å². The summed E-state index contributed by atoms with van der Waals surface area (Å²) in [7, 11) is 0. The zero-order chi connectivity index (χ0) is 12.3. The third-order valence-electron chi connectivity index (χ3n) is 2.91. The maximum Gasteiger partial charge on any atom is 0.139 e. The van der Waals surface area contributed by atoms with Gasteiger partial charge in [0.25, 0.3) is 0 Å². The van der Waals surface area contributed by atoms with Crippen LogP contribution in [0.25, 0.3) is 0 Å². The predicted molar refractivity (Wildman–Crippen MR) is 72.5 cm³/mol. The molecule has 1 aromatic rings. The van der Waals surface area contributed by atoms with Crippen molar-refractivity contribution in [2.24, 2.45) is 5.73 Å². The number of hydrogen-bond acceptors (Lipinski definition) is 4. The topological polar surface area (TPSA) is 51.4 Å². The number of ether oxygens (including phenoxy) is 1. The minimum atomic E-state index is 0.413. The fourth-order valence-corrected chi connectivity index (χ4v) is 2.30. The summed E-state index contributed by atoms with van der Waals surface area (Å²) in [6, 6.07) is 1.94. The highest BCUT2D eigenvalue weighted by Gasteiger charge is 2.17. The molecule has 4 nitrogen and oxygen atoms in total. The van der Waals surface area contributed by atoms with E-state index in [-0.39, 0.29) is 0 Å². The summed E-state index contributed by atoms with van der Waals surface area (Å²) in [6.45, 7) is 5.32. The van der Waals surface area contributed by atoms with Gasteiger partial charge < -0.3 is 15.4 Å². The molecule has 5 heteroatoms. The Kier molecular flexibility index (Phi) is 3.91. The van der Waals surface area contributed by atoms with Crippen LogP contribution in [-0.4, -0.2) is 36.3 Å². The Hall–Kier alpha value is -1.20. The molecule has 0 unspecified atom stereocenters. The van der Waals surface area contributed by atoms with Crippen molar-refractivity contribution in [3.63, 3.8) is 0 Å². The van der Waals surface area contributed by atoms with Crippen LogP contribution in [0, 0.1) is 6.92 Å². The summed E-state index contributed by atoms with van der Waals surface area (Å²) < 4.78 is 5.44. The maximum atomic E-state index is 5.79. The van der Waals surface area contributed by atoms with Crippen LogP contribution in [0.1, 0.15) is 17.5 Å². The van der Waals surface area contributed by atoms with Crippen LogP contribution in [0.5, 0.6) is 0 Å². The van der Waals surface area contributed by atoms with E-state index >= 15 is 0 Å². The van der Waals surface area contributed by atoms with Gasteiger partial charge in [-0.25, -0.2) is 4.98 Å². The number of aromatic nitrogens is 1. The Balaban J connectivity index is 2.36. The van der Waals surface area contributed by atoms with Crippen LogP contribution < -0.4 is 10.6 Å². The molecule has 92 valence electrons. The van der Waals surface area contributed by atoms with Gasteiger partial charge in [-0.15, -0.1) is 0 Å². The van der Waals surface area contributed by atoms with Gasteiger partial charge in [0.05, 0.1) is 12.2 Å². The zero-order valence-electron chi connectivity index (χ0n) is 9.98. The second-order valence-electron chi connectivity index (χ2n) is 4.14. The van der Waals surface area contributed by atoms with Crippen molar-refractivity contribution in [1.82, 2.24) is 4.98 Å². The Morgan fingerprint density at radius 3 is 3.06 bits per heavy atom. The lowest BCUT2D eigenvalue weighted by Crippen LogP contribution is -2.30. The number of pyridine rings is 1. The predicted octanol–water partition coefficient (Wildman–Crippen LogP) is 1.25. The normalized spacial score (nSPS) is 16.6. The van der Waals surface area contributed by atoms with Crippen LogP contribution >= 0.6 is 12.2 Å². The molecule has 0 spiro atoms. The molecule has 2 rings (SSSR count). The number of hydrogen-bond donors (Lipinski definition) is 1. The molecule has 0 bridgehead atoms. The highest BCUT2D eigenvalue weighted by atomic mass is 32.1. The number of thiocarbonyl (C=S) groups is 1. The van der Waals surface area contributed by atoms with E-state index < -0.39 is 0 Å². The molecule has 0 aliphatic carbocycles. The van der Waals surface area contributed by atoms with Crippen molar-refractivity contribution in [3.05, 3.63) is 23.4 Å². The molecule has 2 heterocycles. The lowest BCUT2D eigenvalue weighted by Gasteiger charge is -2.24. The lowest BCUT2D eigenvalue weighted by atomic mass is 10.1. The van der Waals surface area contributed by atoms with E-state index in [0.717, 1.165) is 49.7 Å². The van der Waals surface area contributed by atoms with Gasteiger partial charge in [0.1, 0.15) is 10.8 Å². The Bertz CT molecular complexity index is 414. The van der Waals surface area contributed by atoms with Gasteiger partial charge in [0.2, 0.25) is 0 Å². The van der Waals surface area contributed by atoms with Crippen LogP contribution in [-0.2, 0) is 4.74 Å². The molecule has 1 aliphatic rings. The molecule has 1 saturated heterocycles. The number of nitrogens with zero attached hydrogens (tertiary/aromatic N) is 2. The molecular weight excluding hydrogens is 234 g/mol. The van der Waals surface area contributed by atoms with Crippen molar-refractivity contribution < 1.29 is 4.74 Å². The number of rotatable bonds is 2. The number of aryl methyl sites for hydroxylation is 1. The number of nitrogens with two attached hydrogens (primary N) is 1. The zero-order valence-corrected chi connectivity index (χ0v) is 10.8. The van der Waals surface area contributed by atoms with Gasteiger partial charge in [-0.05, 0) is 25.0 Å². The molecule has 17 heavy (non-hydrogen) atoms. The molecule has 1 aromatic heterocycles. The highest BCUT2D eigenvalue weighted by molar-refractivity contribution is 7.80. The summed E-state index contributed by atoms with van der Waals surface area (Å²) >= 11 is 5.12. The second kappa shape index (κ2) is 5.42. The average Bonchev–Trinajstić information content (AvgIpc) is 2.56. The van der Waals surface area contributed by atoms with E-state index in [1.807, 2.05) is 13.0 Å². The van der Waals surface area contributed by atoms with Crippen LogP contribution in [0.4, 0.5) is 5.82 Å². The molecule has 1 fully saturated rings. The molecular formula is C12H17N3OS. The molecule has 1 aliphatic heterocycles. The quantitative estimate of drug-likeness (QED) is 0.802. The van der Waals surface area contributed by atoms with Gasteiger partial charge in [-0.3, -0.25) is 0 Å². The maximum absolute atomic E-state index is 5.79. The van der Waals surface area contributed by atoms with Gasteiger partial charge in [-0.2, -0.15) is 0 Å². The monoisotopic (exact) mass is 251 g/mol. The van der Waals surface area contributed by atoms with E-state index in [0.29, 0.717) is 4.99 Å². The smallest absolute Gasteiger partial charge is 0.139 e. The van der Waals surface area contributed by atoms with Crippen LogP contribution in [0.3, 0.4) is 0 Å². The Morgan fingerprint density at radius 1 is 1.47 bits per heavy atom. The van der Waals surface area contributed by atoms with E-state index in [1.54, 1.807) is 6.20 Å². The molecule has 0 radical (unpaired) electrons. The Morgan fingerprint density at radius 2 is 2.29 bits per heavy atom. The first-order chi connectivity index (χ1) is 8.20. The second-order valence-corrected chi connectivity index (χ2v) is 4.58. The van der Waals surface area contributed by atoms with E-state index in [4.69, 9.17) is 22.7 Å². The summed E-state index contributed by atoms with van der Waals surface area (Å²) in [6.07, 6.45) is 2.81. The third-order valence-corrected chi connectivity index (χ3v) is 3.11. The fourth-order valence-electron chi connectivity index (χ4n) is 2.05. The van der Waals surface area contributed by atoms with Crippen molar-refractivity contribution in [2.45, 2.75) is 13.3 Å². The molecule has 0 aromatic carbocycles. The third kappa shape index (κ3) is 2.73. The lowest BCUT2D eigenvalue weighted by molar-refractivity contribution is 0.152. The first kappa shape index (κ1) is 12.3. The van der Waals surface area contributed by atoms with Gasteiger partial charge >= 0.3 is 0 Å². The molecule has 0 saturated carbocycles. The van der Waals surface area contributed by atoms with Crippen LogP contribution in [0.2, 0.25) is 0 Å². The highest BCUT2D eigenvalue weighted by Crippen LogP contribution is 2.21. The molecule has 0 amide bonds. The summed E-state index contributed by atoms with van der Waals surface area (Å²) in [4.78, 5) is 7.04. The minimum absolute atomic E-state index is 0.413. The van der Waals surface area contributed by atoms with E-state index in [9.17, 15) is 0 Å². The summed E-state index contributed by atoms with van der Waals surface area (Å²) in [5.74, 6) is 0.892. The van der Waals surface area contributed by atoms with E-state index in [2.05, 4.69) is 9.88 Å². The standard InChI is InChI=1S/C12H17N3OS/c1-9-3-4-14-12(10(9)11(13)17)15-5-2-7-16-8-6-15/h3-4H,2,5-8H2,1H3,(H2,13,17). The van der Waals surface area contributed by atoms with Gasteiger partial charge in [-0.1, -0.05) is 12.2 Å². The van der Waals surface area contributed by atoms with Crippen molar-refractivity contribution in [2.75, 3.05) is 31.2 Å². The van der Waals surface area contributed by atoms with E-state index in [1.165, 1.54) is 0 Å². The SMILES string of the molecule is Cc1ccnc(N2CCCOCC2)c1C(N)=S. The van der Waals surface area contributed by atoms with Crippen molar-refractivity contribution in [1.29, 1.82) is 0 Å².